The molecule has 0 bridgehead atoms. The fourth-order valence-corrected chi connectivity index (χ4v) is 2.81. The Bertz CT molecular complexity index is 414. The molecule has 0 saturated heterocycles. The first-order valence-electron chi connectivity index (χ1n) is 5.80. The van der Waals surface area contributed by atoms with Crippen LogP contribution in [0, 0.1) is 0 Å². The number of carboxylic acids is 1. The normalized spacial score (nSPS) is 10.1. The zero-order valence-corrected chi connectivity index (χ0v) is 12.1. The van der Waals surface area contributed by atoms with Crippen molar-refractivity contribution in [2.45, 2.75) is 19.6 Å². The molecule has 5 heteroatoms. The maximum absolute atomic E-state index is 10.6. The lowest BCUT2D eigenvalue weighted by Gasteiger charge is -2.20. The number of hydrogen-bond acceptors (Lipinski definition) is 4. The first-order valence-corrected chi connectivity index (χ1v) is 7.19. The number of thiocarbonyl (C=S) groups is 1. The van der Waals surface area contributed by atoms with Gasteiger partial charge in [-0.1, -0.05) is 48.2 Å². The molecular weight excluding hydrogens is 266 g/mol. The van der Waals surface area contributed by atoms with E-state index in [0.717, 1.165) is 28.7 Å². The molecule has 0 saturated carbocycles. The van der Waals surface area contributed by atoms with Gasteiger partial charge >= 0.3 is 0 Å². The lowest BCUT2D eigenvalue weighted by Crippen LogP contribution is -2.26. The molecule has 0 radical (unpaired) electrons. The number of carboxylic acid groups (broad SMARTS) is 1. The number of hydrogen-bond donors (Lipinski definition) is 0. The highest BCUT2D eigenvalue weighted by Crippen LogP contribution is 2.17. The maximum Gasteiger partial charge on any atom is 0.136 e. The number of rotatable bonds is 5. The summed E-state index contributed by atoms with van der Waals surface area (Å²) >= 11 is 6.92. The zero-order chi connectivity index (χ0) is 13.5. The van der Waals surface area contributed by atoms with Crippen LogP contribution in [0.2, 0.25) is 0 Å². The number of carbonyl (C=O) groups excluding carboxylic acids is 1. The van der Waals surface area contributed by atoms with Crippen LogP contribution in [-0.2, 0) is 5.75 Å². The topological polar surface area (TPSA) is 43.4 Å². The highest BCUT2D eigenvalue weighted by atomic mass is 32.2. The van der Waals surface area contributed by atoms with Gasteiger partial charge in [0.05, 0.1) is 5.97 Å². The van der Waals surface area contributed by atoms with E-state index in [4.69, 9.17) is 12.2 Å². The van der Waals surface area contributed by atoms with E-state index in [1.807, 2.05) is 0 Å². The molecule has 0 heterocycles. The number of thioether (sulfide) groups is 1. The largest absolute Gasteiger partial charge is 0.545 e. The Morgan fingerprint density at radius 2 is 1.83 bits per heavy atom. The second-order valence-electron chi connectivity index (χ2n) is 3.71. The number of aromatic carboxylic acids is 1. The van der Waals surface area contributed by atoms with Crippen LogP contribution in [0.15, 0.2) is 24.3 Å². The third kappa shape index (κ3) is 4.31. The van der Waals surface area contributed by atoms with Gasteiger partial charge < -0.3 is 14.8 Å². The summed E-state index contributed by atoms with van der Waals surface area (Å²) in [5.74, 6) is -0.393. The van der Waals surface area contributed by atoms with Crippen molar-refractivity contribution in [3.8, 4) is 0 Å². The Labute approximate surface area is 117 Å². The Kier molecular flexibility index (Phi) is 6.15. The SMILES string of the molecule is CCN(CC)C(=S)SCc1ccc(C(=O)[O-])cc1. The predicted octanol–water partition coefficient (Wildman–Crippen LogP) is 1.91. The first kappa shape index (κ1) is 15.0. The molecule has 0 fully saturated rings. The van der Waals surface area contributed by atoms with E-state index in [1.165, 1.54) is 0 Å². The van der Waals surface area contributed by atoms with Crippen molar-refractivity contribution in [1.29, 1.82) is 0 Å². The maximum atomic E-state index is 10.6. The third-order valence-corrected chi connectivity index (χ3v) is 4.17. The van der Waals surface area contributed by atoms with Crippen molar-refractivity contribution >= 4 is 34.3 Å². The summed E-state index contributed by atoms with van der Waals surface area (Å²) in [5.41, 5.74) is 1.26. The summed E-state index contributed by atoms with van der Waals surface area (Å²) in [4.78, 5) is 12.7. The molecule has 0 aliphatic carbocycles. The highest BCUT2D eigenvalue weighted by Gasteiger charge is 2.06. The molecule has 1 aromatic carbocycles. The van der Waals surface area contributed by atoms with Gasteiger partial charge in [0.25, 0.3) is 0 Å². The van der Waals surface area contributed by atoms with E-state index in [0.29, 0.717) is 0 Å². The minimum absolute atomic E-state index is 0.204. The fraction of sp³-hybridized carbons (Fsp3) is 0.385. The lowest BCUT2D eigenvalue weighted by molar-refractivity contribution is -0.255. The fourth-order valence-electron chi connectivity index (χ4n) is 1.46. The summed E-state index contributed by atoms with van der Waals surface area (Å²) in [6, 6.07) is 6.71. The molecule has 3 nitrogen and oxygen atoms in total. The molecule has 0 atom stereocenters. The van der Waals surface area contributed by atoms with Crippen LogP contribution < -0.4 is 5.11 Å². The number of nitrogens with zero attached hydrogens (tertiary/aromatic N) is 1. The molecule has 0 aromatic heterocycles. The second-order valence-corrected chi connectivity index (χ2v) is 5.32. The van der Waals surface area contributed by atoms with Gasteiger partial charge in [-0.3, -0.25) is 0 Å². The van der Waals surface area contributed by atoms with Crippen molar-refractivity contribution < 1.29 is 9.90 Å². The molecular formula is C13H16NO2S2-. The van der Waals surface area contributed by atoms with Crippen LogP contribution in [0.25, 0.3) is 0 Å². The van der Waals surface area contributed by atoms with Gasteiger partial charge in [-0.15, -0.1) is 0 Å². The van der Waals surface area contributed by atoms with E-state index >= 15 is 0 Å². The van der Waals surface area contributed by atoms with Crippen molar-refractivity contribution in [3.05, 3.63) is 35.4 Å². The first-order chi connectivity index (χ1) is 8.58. The second kappa shape index (κ2) is 7.38. The molecule has 1 rings (SSSR count). The highest BCUT2D eigenvalue weighted by molar-refractivity contribution is 8.22. The quantitative estimate of drug-likeness (QED) is 0.772. The molecule has 18 heavy (non-hydrogen) atoms. The molecule has 0 aliphatic heterocycles. The average molecular weight is 282 g/mol. The molecule has 98 valence electrons. The summed E-state index contributed by atoms with van der Waals surface area (Å²) in [5, 5.41) is 10.6. The van der Waals surface area contributed by atoms with Crippen LogP contribution in [0.4, 0.5) is 0 Å². The lowest BCUT2D eigenvalue weighted by atomic mass is 10.1. The van der Waals surface area contributed by atoms with Gasteiger partial charge in [-0.05, 0) is 25.0 Å². The molecule has 0 N–H and O–H groups in total. The van der Waals surface area contributed by atoms with Crippen molar-refractivity contribution in [1.82, 2.24) is 4.90 Å². The van der Waals surface area contributed by atoms with Crippen LogP contribution >= 0.6 is 24.0 Å². The van der Waals surface area contributed by atoms with Crippen molar-refractivity contribution in [2.75, 3.05) is 13.1 Å². The van der Waals surface area contributed by atoms with Crippen LogP contribution in [-0.4, -0.2) is 28.3 Å². The van der Waals surface area contributed by atoms with Gasteiger partial charge in [-0.2, -0.15) is 0 Å². The van der Waals surface area contributed by atoms with Crippen molar-refractivity contribution in [2.24, 2.45) is 0 Å². The predicted molar refractivity (Wildman–Crippen MR) is 77.6 cm³/mol. The van der Waals surface area contributed by atoms with E-state index in [9.17, 15) is 9.90 Å². The van der Waals surface area contributed by atoms with Gasteiger partial charge in [0.1, 0.15) is 4.32 Å². The summed E-state index contributed by atoms with van der Waals surface area (Å²) in [6.45, 7) is 5.97. The minimum atomic E-state index is -1.15. The van der Waals surface area contributed by atoms with E-state index < -0.39 is 5.97 Å². The smallest absolute Gasteiger partial charge is 0.136 e. The molecule has 0 amide bonds. The monoisotopic (exact) mass is 282 g/mol. The Balaban J connectivity index is 2.53. The number of carbonyl (C=O) groups is 1. The molecule has 1 aromatic rings. The third-order valence-electron chi connectivity index (χ3n) is 2.57. The van der Waals surface area contributed by atoms with Crippen LogP contribution in [0.1, 0.15) is 29.8 Å². The van der Waals surface area contributed by atoms with E-state index in [-0.39, 0.29) is 5.56 Å². The minimum Gasteiger partial charge on any atom is -0.545 e. The molecule has 0 spiro atoms. The van der Waals surface area contributed by atoms with Gasteiger partial charge in [0, 0.05) is 18.8 Å². The average Bonchev–Trinajstić information content (AvgIpc) is 2.38. The summed E-state index contributed by atoms with van der Waals surface area (Å²) in [7, 11) is 0. The molecule has 0 unspecified atom stereocenters. The van der Waals surface area contributed by atoms with E-state index in [2.05, 4.69) is 18.7 Å². The molecule has 0 aliphatic rings. The van der Waals surface area contributed by atoms with Crippen LogP contribution in [0.5, 0.6) is 0 Å². The van der Waals surface area contributed by atoms with Gasteiger partial charge in [-0.25, -0.2) is 0 Å². The number of benzene rings is 1. The summed E-state index contributed by atoms with van der Waals surface area (Å²) in [6.07, 6.45) is 0. The Hall–Kier alpha value is -1.07. The van der Waals surface area contributed by atoms with Gasteiger partial charge in [0.2, 0.25) is 0 Å². The standard InChI is InChI=1S/C13H17NO2S2/c1-3-14(4-2)13(17)18-9-10-5-7-11(8-6-10)12(15)16/h5-8H,3-4,9H2,1-2H3,(H,15,16)/p-1. The van der Waals surface area contributed by atoms with E-state index in [1.54, 1.807) is 36.0 Å². The van der Waals surface area contributed by atoms with Crippen molar-refractivity contribution in [3.63, 3.8) is 0 Å². The Morgan fingerprint density at radius 3 is 2.28 bits per heavy atom. The van der Waals surface area contributed by atoms with Gasteiger partial charge in [0.15, 0.2) is 0 Å². The Morgan fingerprint density at radius 1 is 1.28 bits per heavy atom. The van der Waals surface area contributed by atoms with Crippen LogP contribution in [0.3, 0.4) is 0 Å². The summed E-state index contributed by atoms with van der Waals surface area (Å²) < 4.78 is 0.879. The zero-order valence-electron chi connectivity index (χ0n) is 10.5.